The van der Waals surface area contributed by atoms with Crippen molar-refractivity contribution in [2.24, 2.45) is 0 Å². The number of anilines is 1. The van der Waals surface area contributed by atoms with E-state index in [4.69, 9.17) is 0 Å². The molecule has 0 aliphatic rings. The van der Waals surface area contributed by atoms with Crippen LogP contribution in [0.4, 0.5) is 5.69 Å². The van der Waals surface area contributed by atoms with Crippen LogP contribution in [0, 0.1) is 20.8 Å². The molecule has 0 aliphatic heterocycles. The van der Waals surface area contributed by atoms with E-state index in [1.165, 1.54) is 4.90 Å². The third-order valence-electron chi connectivity index (χ3n) is 3.80. The number of carbonyl (C=O) groups is 1. The summed E-state index contributed by atoms with van der Waals surface area (Å²) in [5.41, 5.74) is 3.06. The Bertz CT molecular complexity index is 823. The monoisotopic (exact) mass is 346 g/mol. The second-order valence-corrected chi connectivity index (χ2v) is 7.54. The molecule has 5 nitrogen and oxygen atoms in total. The highest BCUT2D eigenvalue weighted by molar-refractivity contribution is 7.89. The number of carbonyl (C=O) groups excluding carboxylic acids is 1. The van der Waals surface area contributed by atoms with Crippen molar-refractivity contribution in [2.45, 2.75) is 25.7 Å². The summed E-state index contributed by atoms with van der Waals surface area (Å²) in [7, 11) is -2.13. The number of aryl methyl sites for hydroxylation is 3. The van der Waals surface area contributed by atoms with E-state index < -0.39 is 10.0 Å². The molecule has 0 aromatic heterocycles. The Morgan fingerprint density at radius 1 is 1.04 bits per heavy atom. The molecule has 0 bridgehead atoms. The molecule has 0 heterocycles. The van der Waals surface area contributed by atoms with Crippen molar-refractivity contribution in [1.82, 2.24) is 4.72 Å². The van der Waals surface area contributed by atoms with Crippen molar-refractivity contribution in [3.05, 3.63) is 59.2 Å². The van der Waals surface area contributed by atoms with E-state index in [-0.39, 0.29) is 17.3 Å². The van der Waals surface area contributed by atoms with Gasteiger partial charge in [-0.1, -0.05) is 35.9 Å². The molecule has 0 atom stereocenters. The minimum Gasteiger partial charge on any atom is -0.314 e. The lowest BCUT2D eigenvalue weighted by atomic mass is 10.1. The van der Waals surface area contributed by atoms with Gasteiger partial charge in [-0.2, -0.15) is 0 Å². The van der Waals surface area contributed by atoms with E-state index in [0.717, 1.165) is 5.56 Å². The molecule has 2 rings (SSSR count). The van der Waals surface area contributed by atoms with Crippen LogP contribution in [0.25, 0.3) is 0 Å². The standard InChI is InChI=1S/C18H22N2O3S/c1-13-10-14(2)18(15(3)11-13)24(22,23)19-12-17(21)20(4)16-8-6-5-7-9-16/h5-11,19H,12H2,1-4H3. The number of nitrogens with zero attached hydrogens (tertiary/aromatic N) is 1. The Hall–Kier alpha value is -2.18. The summed E-state index contributed by atoms with van der Waals surface area (Å²) >= 11 is 0. The average molecular weight is 346 g/mol. The lowest BCUT2D eigenvalue weighted by Gasteiger charge is -2.18. The smallest absolute Gasteiger partial charge is 0.241 e. The molecule has 0 saturated heterocycles. The van der Waals surface area contributed by atoms with Crippen molar-refractivity contribution < 1.29 is 13.2 Å². The number of hydrogen-bond donors (Lipinski definition) is 1. The van der Waals surface area contributed by atoms with Crippen molar-refractivity contribution in [3.63, 3.8) is 0 Å². The minimum absolute atomic E-state index is 0.239. The molecule has 2 aromatic carbocycles. The molecule has 0 spiro atoms. The molecule has 2 aromatic rings. The zero-order chi connectivity index (χ0) is 17.9. The number of sulfonamides is 1. The van der Waals surface area contributed by atoms with Crippen LogP contribution in [0.15, 0.2) is 47.4 Å². The molecular weight excluding hydrogens is 324 g/mol. The first-order valence-corrected chi connectivity index (χ1v) is 9.10. The Balaban J connectivity index is 2.15. The average Bonchev–Trinajstić information content (AvgIpc) is 2.51. The van der Waals surface area contributed by atoms with E-state index in [9.17, 15) is 13.2 Å². The molecule has 0 aliphatic carbocycles. The van der Waals surface area contributed by atoms with Crippen LogP contribution in [0.2, 0.25) is 0 Å². The fourth-order valence-corrected chi connectivity index (χ4v) is 4.16. The molecular formula is C18H22N2O3S. The Morgan fingerprint density at radius 3 is 2.12 bits per heavy atom. The highest BCUT2D eigenvalue weighted by Crippen LogP contribution is 2.21. The topological polar surface area (TPSA) is 66.5 Å². The fraction of sp³-hybridized carbons (Fsp3) is 0.278. The number of amides is 1. The van der Waals surface area contributed by atoms with E-state index in [2.05, 4.69) is 4.72 Å². The number of benzene rings is 2. The van der Waals surface area contributed by atoms with Gasteiger partial charge in [-0.3, -0.25) is 4.79 Å². The highest BCUT2D eigenvalue weighted by Gasteiger charge is 2.21. The molecule has 0 saturated carbocycles. The van der Waals surface area contributed by atoms with Crippen LogP contribution in [0.3, 0.4) is 0 Å². The number of hydrogen-bond acceptors (Lipinski definition) is 3. The van der Waals surface area contributed by atoms with Gasteiger partial charge in [-0.25, -0.2) is 13.1 Å². The van der Waals surface area contributed by atoms with Crippen LogP contribution >= 0.6 is 0 Å². The van der Waals surface area contributed by atoms with Crippen molar-refractivity contribution in [3.8, 4) is 0 Å². The molecule has 24 heavy (non-hydrogen) atoms. The van der Waals surface area contributed by atoms with Crippen LogP contribution in [-0.4, -0.2) is 27.9 Å². The van der Waals surface area contributed by atoms with Crippen molar-refractivity contribution in [2.75, 3.05) is 18.5 Å². The van der Waals surface area contributed by atoms with Gasteiger partial charge in [0.1, 0.15) is 0 Å². The number of nitrogens with one attached hydrogen (secondary N) is 1. The van der Waals surface area contributed by atoms with Gasteiger partial charge < -0.3 is 4.90 Å². The van der Waals surface area contributed by atoms with Crippen LogP contribution in [0.1, 0.15) is 16.7 Å². The summed E-state index contributed by atoms with van der Waals surface area (Å²) < 4.78 is 27.5. The second-order valence-electron chi connectivity index (χ2n) is 5.84. The predicted octanol–water partition coefficient (Wildman–Crippen LogP) is 2.55. The Labute approximate surface area is 143 Å². The van der Waals surface area contributed by atoms with E-state index in [1.807, 2.05) is 37.3 Å². The molecule has 128 valence electrons. The molecule has 0 radical (unpaired) electrons. The SMILES string of the molecule is Cc1cc(C)c(S(=O)(=O)NCC(=O)N(C)c2ccccc2)c(C)c1. The van der Waals surface area contributed by atoms with Crippen molar-refractivity contribution >= 4 is 21.6 Å². The van der Waals surface area contributed by atoms with Gasteiger partial charge in [0.2, 0.25) is 15.9 Å². The predicted molar refractivity (Wildman–Crippen MR) is 95.7 cm³/mol. The zero-order valence-corrected chi connectivity index (χ0v) is 15.1. The first-order chi connectivity index (χ1) is 11.2. The highest BCUT2D eigenvalue weighted by atomic mass is 32.2. The van der Waals surface area contributed by atoms with Crippen LogP contribution in [-0.2, 0) is 14.8 Å². The van der Waals surface area contributed by atoms with Gasteiger partial charge in [0, 0.05) is 12.7 Å². The van der Waals surface area contributed by atoms with Crippen LogP contribution in [0.5, 0.6) is 0 Å². The fourth-order valence-electron chi connectivity index (χ4n) is 2.73. The maximum atomic E-state index is 12.6. The number of likely N-dealkylation sites (N-methyl/N-ethyl adjacent to an activating group) is 1. The lowest BCUT2D eigenvalue weighted by Crippen LogP contribution is -2.38. The minimum atomic E-state index is -3.75. The lowest BCUT2D eigenvalue weighted by molar-refractivity contribution is -0.117. The normalized spacial score (nSPS) is 11.3. The maximum absolute atomic E-state index is 12.6. The summed E-state index contributed by atoms with van der Waals surface area (Å²) in [6.07, 6.45) is 0. The molecule has 0 fully saturated rings. The Kier molecular flexibility index (Phi) is 5.41. The van der Waals surface area contributed by atoms with Gasteiger partial charge in [0.05, 0.1) is 11.4 Å². The summed E-state index contributed by atoms with van der Waals surface area (Å²) in [5.74, 6) is -0.327. The number of rotatable bonds is 5. The van der Waals surface area contributed by atoms with E-state index in [1.54, 1.807) is 33.0 Å². The van der Waals surface area contributed by atoms with Crippen LogP contribution < -0.4 is 9.62 Å². The zero-order valence-electron chi connectivity index (χ0n) is 14.3. The first-order valence-electron chi connectivity index (χ1n) is 7.61. The first kappa shape index (κ1) is 18.2. The van der Waals surface area contributed by atoms with E-state index in [0.29, 0.717) is 16.8 Å². The van der Waals surface area contributed by atoms with Gasteiger partial charge in [-0.15, -0.1) is 0 Å². The Morgan fingerprint density at radius 2 is 1.58 bits per heavy atom. The molecule has 1 amide bonds. The van der Waals surface area contributed by atoms with Gasteiger partial charge in [-0.05, 0) is 44.0 Å². The van der Waals surface area contributed by atoms with Crippen molar-refractivity contribution in [1.29, 1.82) is 0 Å². The summed E-state index contributed by atoms with van der Waals surface area (Å²) in [6.45, 7) is 5.14. The van der Waals surface area contributed by atoms with Gasteiger partial charge in [0.25, 0.3) is 0 Å². The quantitative estimate of drug-likeness (QED) is 0.905. The third-order valence-corrected chi connectivity index (χ3v) is 5.51. The summed E-state index contributed by atoms with van der Waals surface area (Å²) in [6, 6.07) is 12.7. The van der Waals surface area contributed by atoms with E-state index >= 15 is 0 Å². The maximum Gasteiger partial charge on any atom is 0.241 e. The molecule has 1 N–H and O–H groups in total. The molecule has 0 unspecified atom stereocenters. The van der Waals surface area contributed by atoms with Gasteiger partial charge >= 0.3 is 0 Å². The number of para-hydroxylation sites is 1. The second kappa shape index (κ2) is 7.15. The summed E-state index contributed by atoms with van der Waals surface area (Å²) in [4.78, 5) is 13.9. The summed E-state index contributed by atoms with van der Waals surface area (Å²) in [5, 5.41) is 0. The largest absolute Gasteiger partial charge is 0.314 e. The third kappa shape index (κ3) is 4.01. The molecule has 6 heteroatoms. The van der Waals surface area contributed by atoms with Gasteiger partial charge in [0.15, 0.2) is 0 Å².